The van der Waals surface area contributed by atoms with Crippen molar-refractivity contribution >= 4 is 0 Å². The van der Waals surface area contributed by atoms with E-state index in [0.29, 0.717) is 5.56 Å². The molecule has 2 aromatic rings. The maximum absolute atomic E-state index is 8.89. The van der Waals surface area contributed by atoms with Crippen molar-refractivity contribution in [2.75, 3.05) is 7.05 Å². The van der Waals surface area contributed by atoms with Crippen LogP contribution >= 0.6 is 0 Å². The average Bonchev–Trinajstić information content (AvgIpc) is 2.41. The van der Waals surface area contributed by atoms with E-state index in [2.05, 4.69) is 36.0 Å². The lowest BCUT2D eigenvalue weighted by atomic mass is 10.1. The molecule has 1 aromatic carbocycles. The number of aromatic nitrogens is 1. The van der Waals surface area contributed by atoms with E-state index < -0.39 is 0 Å². The molecule has 0 N–H and O–H groups in total. The van der Waals surface area contributed by atoms with E-state index in [1.165, 1.54) is 5.56 Å². The van der Waals surface area contributed by atoms with Crippen molar-refractivity contribution in [3.63, 3.8) is 0 Å². The lowest BCUT2D eigenvalue weighted by molar-refractivity contribution is 0.314. The van der Waals surface area contributed by atoms with Crippen LogP contribution < -0.4 is 0 Å². The summed E-state index contributed by atoms with van der Waals surface area (Å²) in [5, 5.41) is 8.89. The number of nitriles is 1. The van der Waals surface area contributed by atoms with Gasteiger partial charge in [0.05, 0.1) is 17.3 Å². The van der Waals surface area contributed by atoms with Gasteiger partial charge in [-0.3, -0.25) is 9.88 Å². The third-order valence-electron chi connectivity index (χ3n) is 3.05. The summed E-state index contributed by atoms with van der Waals surface area (Å²) in [6.45, 7) is 3.70. The highest BCUT2D eigenvalue weighted by molar-refractivity contribution is 5.32. The third-order valence-corrected chi connectivity index (χ3v) is 3.05. The van der Waals surface area contributed by atoms with Gasteiger partial charge >= 0.3 is 0 Å². The Morgan fingerprint density at radius 1 is 1.21 bits per heavy atom. The molecule has 0 fully saturated rings. The minimum atomic E-state index is 0.708. The van der Waals surface area contributed by atoms with Crippen LogP contribution in [0.1, 0.15) is 22.4 Å². The van der Waals surface area contributed by atoms with Gasteiger partial charge < -0.3 is 0 Å². The van der Waals surface area contributed by atoms with Crippen LogP contribution in [-0.2, 0) is 13.1 Å². The first-order valence-corrected chi connectivity index (χ1v) is 6.27. The Bertz CT molecular complexity index is 599. The molecule has 0 saturated heterocycles. The van der Waals surface area contributed by atoms with E-state index in [1.807, 2.05) is 36.5 Å². The second-order valence-electron chi connectivity index (χ2n) is 4.75. The molecule has 3 nitrogen and oxygen atoms in total. The molecule has 0 aliphatic carbocycles. The molecule has 0 amide bonds. The molecule has 0 radical (unpaired) electrons. The molecular formula is C16H17N3. The highest BCUT2D eigenvalue weighted by Gasteiger charge is 2.05. The first kappa shape index (κ1) is 13.3. The van der Waals surface area contributed by atoms with Gasteiger partial charge in [-0.05, 0) is 43.3 Å². The summed E-state index contributed by atoms with van der Waals surface area (Å²) in [5.74, 6) is 0. The molecule has 0 saturated carbocycles. The van der Waals surface area contributed by atoms with Crippen molar-refractivity contribution in [1.82, 2.24) is 9.88 Å². The summed E-state index contributed by atoms with van der Waals surface area (Å²) in [5.41, 5.74) is 4.16. The smallest absolute Gasteiger partial charge is 0.0991 e. The van der Waals surface area contributed by atoms with Crippen LogP contribution in [0.3, 0.4) is 0 Å². The number of hydrogen-bond acceptors (Lipinski definition) is 3. The lowest BCUT2D eigenvalue weighted by Crippen LogP contribution is -2.18. The number of pyridine rings is 1. The fraction of sp³-hybridized carbons (Fsp3) is 0.250. The molecule has 2 rings (SSSR count). The van der Waals surface area contributed by atoms with Crippen LogP contribution in [0.15, 0.2) is 42.6 Å². The van der Waals surface area contributed by atoms with Crippen molar-refractivity contribution in [1.29, 1.82) is 5.26 Å². The molecule has 0 spiro atoms. The second kappa shape index (κ2) is 6.12. The Morgan fingerprint density at radius 3 is 2.79 bits per heavy atom. The summed E-state index contributed by atoms with van der Waals surface area (Å²) in [6, 6.07) is 13.9. The van der Waals surface area contributed by atoms with Crippen LogP contribution in [0.4, 0.5) is 0 Å². The fourth-order valence-corrected chi connectivity index (χ4v) is 2.05. The monoisotopic (exact) mass is 251 g/mol. The van der Waals surface area contributed by atoms with E-state index in [1.54, 1.807) is 0 Å². The van der Waals surface area contributed by atoms with E-state index in [0.717, 1.165) is 24.3 Å². The van der Waals surface area contributed by atoms with Crippen molar-refractivity contribution in [2.45, 2.75) is 20.0 Å². The molecule has 1 aromatic heterocycles. The third kappa shape index (κ3) is 3.64. The Labute approximate surface area is 114 Å². The van der Waals surface area contributed by atoms with Gasteiger partial charge in [0.2, 0.25) is 0 Å². The molecule has 3 heteroatoms. The van der Waals surface area contributed by atoms with E-state index >= 15 is 0 Å². The van der Waals surface area contributed by atoms with E-state index in [-0.39, 0.29) is 0 Å². The largest absolute Gasteiger partial charge is 0.296 e. The lowest BCUT2D eigenvalue weighted by Gasteiger charge is -2.17. The zero-order valence-electron chi connectivity index (χ0n) is 11.3. The summed E-state index contributed by atoms with van der Waals surface area (Å²) in [7, 11) is 2.06. The zero-order valence-corrected chi connectivity index (χ0v) is 11.3. The summed E-state index contributed by atoms with van der Waals surface area (Å²) < 4.78 is 0. The standard InChI is InChI=1S/C16H17N3/c1-13-5-4-8-18-16(13)12-19(2)11-15-7-3-6-14(9-15)10-17/h3-9H,11-12H2,1-2H3. The van der Waals surface area contributed by atoms with E-state index in [4.69, 9.17) is 5.26 Å². The van der Waals surface area contributed by atoms with Crippen molar-refractivity contribution in [3.05, 3.63) is 65.0 Å². The maximum Gasteiger partial charge on any atom is 0.0991 e. The van der Waals surface area contributed by atoms with Gasteiger partial charge in [-0.2, -0.15) is 5.26 Å². The minimum absolute atomic E-state index is 0.708. The van der Waals surface area contributed by atoms with E-state index in [9.17, 15) is 0 Å². The van der Waals surface area contributed by atoms with Crippen molar-refractivity contribution in [2.24, 2.45) is 0 Å². The summed E-state index contributed by atoms with van der Waals surface area (Å²) >= 11 is 0. The van der Waals surface area contributed by atoms with Crippen LogP contribution in [0, 0.1) is 18.3 Å². The molecule has 0 aliphatic rings. The van der Waals surface area contributed by atoms with Gasteiger partial charge in [0, 0.05) is 19.3 Å². The number of aryl methyl sites for hydroxylation is 1. The van der Waals surface area contributed by atoms with Crippen LogP contribution in [-0.4, -0.2) is 16.9 Å². The summed E-state index contributed by atoms with van der Waals surface area (Å²) in [6.07, 6.45) is 1.83. The molecule has 19 heavy (non-hydrogen) atoms. The molecule has 0 unspecified atom stereocenters. The number of rotatable bonds is 4. The van der Waals surface area contributed by atoms with Gasteiger partial charge in [0.15, 0.2) is 0 Å². The van der Waals surface area contributed by atoms with Crippen molar-refractivity contribution in [3.8, 4) is 6.07 Å². The average molecular weight is 251 g/mol. The molecule has 0 bridgehead atoms. The summed E-state index contributed by atoms with van der Waals surface area (Å²) in [4.78, 5) is 6.60. The predicted molar refractivity (Wildman–Crippen MR) is 75.3 cm³/mol. The zero-order chi connectivity index (χ0) is 13.7. The van der Waals surface area contributed by atoms with Gasteiger partial charge in [-0.1, -0.05) is 18.2 Å². The molecule has 1 heterocycles. The fourth-order valence-electron chi connectivity index (χ4n) is 2.05. The number of benzene rings is 1. The topological polar surface area (TPSA) is 39.9 Å². The van der Waals surface area contributed by atoms with Gasteiger partial charge in [0.25, 0.3) is 0 Å². The normalized spacial score (nSPS) is 10.4. The number of nitrogens with zero attached hydrogens (tertiary/aromatic N) is 3. The Kier molecular flexibility index (Phi) is 4.27. The Hall–Kier alpha value is -2.18. The molecule has 0 atom stereocenters. The molecule has 96 valence electrons. The first-order valence-electron chi connectivity index (χ1n) is 6.27. The van der Waals surface area contributed by atoms with Crippen molar-refractivity contribution < 1.29 is 0 Å². The molecular weight excluding hydrogens is 234 g/mol. The highest BCUT2D eigenvalue weighted by Crippen LogP contribution is 2.10. The van der Waals surface area contributed by atoms with Crippen LogP contribution in [0.5, 0.6) is 0 Å². The van der Waals surface area contributed by atoms with Crippen LogP contribution in [0.25, 0.3) is 0 Å². The number of hydrogen-bond donors (Lipinski definition) is 0. The second-order valence-corrected chi connectivity index (χ2v) is 4.75. The molecule has 0 aliphatic heterocycles. The Balaban J connectivity index is 2.03. The predicted octanol–water partition coefficient (Wildman–Crippen LogP) is 2.89. The Morgan fingerprint density at radius 2 is 2.05 bits per heavy atom. The van der Waals surface area contributed by atoms with Gasteiger partial charge in [-0.15, -0.1) is 0 Å². The first-order chi connectivity index (χ1) is 9.19. The quantitative estimate of drug-likeness (QED) is 0.838. The minimum Gasteiger partial charge on any atom is -0.296 e. The van der Waals surface area contributed by atoms with Gasteiger partial charge in [0.1, 0.15) is 0 Å². The van der Waals surface area contributed by atoms with Gasteiger partial charge in [-0.25, -0.2) is 0 Å². The maximum atomic E-state index is 8.89. The SMILES string of the molecule is Cc1cccnc1CN(C)Cc1cccc(C#N)c1. The highest BCUT2D eigenvalue weighted by atomic mass is 15.1. The van der Waals surface area contributed by atoms with Crippen LogP contribution in [0.2, 0.25) is 0 Å².